The Morgan fingerprint density at radius 3 is 2.62 bits per heavy atom. The molecule has 0 aliphatic carbocycles. The highest BCUT2D eigenvalue weighted by Crippen LogP contribution is 2.21. The number of pyridine rings is 1. The lowest BCUT2D eigenvalue weighted by atomic mass is 10.1. The molecule has 112 valence electrons. The quantitative estimate of drug-likeness (QED) is 0.880. The normalized spacial score (nSPS) is 10.7. The maximum Gasteiger partial charge on any atom is 0.128 e. The highest BCUT2D eigenvalue weighted by Gasteiger charge is 2.07. The molecule has 0 atom stereocenters. The lowest BCUT2D eigenvalue weighted by Crippen LogP contribution is -2.19. The van der Waals surface area contributed by atoms with Gasteiger partial charge in [0.1, 0.15) is 5.82 Å². The molecule has 0 spiro atoms. The number of nitrogens with zero attached hydrogens (tertiary/aromatic N) is 2. The molecular formula is C17H22ClN3. The van der Waals surface area contributed by atoms with Crippen molar-refractivity contribution in [2.24, 2.45) is 0 Å². The molecule has 0 aliphatic rings. The summed E-state index contributed by atoms with van der Waals surface area (Å²) in [5.41, 5.74) is 3.63. The van der Waals surface area contributed by atoms with Gasteiger partial charge in [-0.3, -0.25) is 0 Å². The Morgan fingerprint density at radius 1 is 1.24 bits per heavy atom. The van der Waals surface area contributed by atoms with Gasteiger partial charge in [-0.05, 0) is 30.7 Å². The number of anilines is 1. The average Bonchev–Trinajstić information content (AvgIpc) is 2.48. The number of hydrogen-bond donors (Lipinski definition) is 1. The number of rotatable bonds is 6. The summed E-state index contributed by atoms with van der Waals surface area (Å²) < 4.78 is 0. The van der Waals surface area contributed by atoms with E-state index in [9.17, 15) is 0 Å². The van der Waals surface area contributed by atoms with E-state index in [-0.39, 0.29) is 0 Å². The molecule has 3 nitrogen and oxygen atoms in total. The Labute approximate surface area is 132 Å². The van der Waals surface area contributed by atoms with E-state index in [0.29, 0.717) is 5.02 Å². The minimum atomic E-state index is 0.712. The smallest absolute Gasteiger partial charge is 0.128 e. The van der Waals surface area contributed by atoms with E-state index in [1.807, 2.05) is 7.05 Å². The monoisotopic (exact) mass is 303 g/mol. The number of hydrogen-bond acceptors (Lipinski definition) is 3. The highest BCUT2D eigenvalue weighted by molar-refractivity contribution is 6.31. The van der Waals surface area contributed by atoms with Gasteiger partial charge in [-0.2, -0.15) is 0 Å². The summed E-state index contributed by atoms with van der Waals surface area (Å²) in [6.45, 7) is 6.70. The van der Waals surface area contributed by atoms with Crippen molar-refractivity contribution in [1.82, 2.24) is 10.3 Å². The Morgan fingerprint density at radius 2 is 1.95 bits per heavy atom. The highest BCUT2D eigenvalue weighted by atomic mass is 35.5. The molecule has 0 saturated heterocycles. The van der Waals surface area contributed by atoms with Gasteiger partial charge < -0.3 is 10.2 Å². The standard InChI is InChI=1S/C17H22ClN3/c1-4-19-10-15-9-17(20-11-16(15)18)21(3)12-14-7-5-13(2)6-8-14/h5-9,11,19H,4,10,12H2,1-3H3. The average molecular weight is 304 g/mol. The van der Waals surface area contributed by atoms with Gasteiger partial charge in [0.25, 0.3) is 0 Å². The molecule has 4 heteroatoms. The molecule has 0 aliphatic heterocycles. The summed E-state index contributed by atoms with van der Waals surface area (Å²) in [6, 6.07) is 10.6. The second-order valence-electron chi connectivity index (χ2n) is 5.26. The van der Waals surface area contributed by atoms with Crippen molar-refractivity contribution in [3.05, 3.63) is 58.2 Å². The molecule has 1 aromatic carbocycles. The Bertz CT molecular complexity index is 581. The summed E-state index contributed by atoms with van der Waals surface area (Å²) in [6.07, 6.45) is 1.73. The number of nitrogens with one attached hydrogen (secondary N) is 1. The van der Waals surface area contributed by atoms with E-state index >= 15 is 0 Å². The fourth-order valence-electron chi connectivity index (χ4n) is 2.12. The molecule has 0 bridgehead atoms. The van der Waals surface area contributed by atoms with Gasteiger partial charge in [-0.15, -0.1) is 0 Å². The first-order valence-corrected chi connectivity index (χ1v) is 7.59. The van der Waals surface area contributed by atoms with Crippen molar-refractivity contribution in [1.29, 1.82) is 0 Å². The molecule has 0 radical (unpaired) electrons. The first-order chi connectivity index (χ1) is 10.1. The second kappa shape index (κ2) is 7.43. The van der Waals surface area contributed by atoms with Gasteiger partial charge >= 0.3 is 0 Å². The number of aryl methyl sites for hydroxylation is 1. The molecular weight excluding hydrogens is 282 g/mol. The minimum absolute atomic E-state index is 0.712. The van der Waals surface area contributed by atoms with Gasteiger partial charge in [0.2, 0.25) is 0 Å². The number of aromatic nitrogens is 1. The zero-order chi connectivity index (χ0) is 15.2. The fourth-order valence-corrected chi connectivity index (χ4v) is 2.29. The Balaban J connectivity index is 2.11. The fraction of sp³-hybridized carbons (Fsp3) is 0.353. The molecule has 0 amide bonds. The van der Waals surface area contributed by atoms with E-state index < -0.39 is 0 Å². The summed E-state index contributed by atoms with van der Waals surface area (Å²) in [5, 5.41) is 4.01. The van der Waals surface area contributed by atoms with Crippen molar-refractivity contribution < 1.29 is 0 Å². The predicted octanol–water partition coefficient (Wildman–Crippen LogP) is 3.79. The minimum Gasteiger partial charge on any atom is -0.355 e. The SMILES string of the molecule is CCNCc1cc(N(C)Cc2ccc(C)cc2)ncc1Cl. The molecule has 2 aromatic rings. The summed E-state index contributed by atoms with van der Waals surface area (Å²) in [4.78, 5) is 6.56. The van der Waals surface area contributed by atoms with Crippen LogP contribution in [0.2, 0.25) is 5.02 Å². The van der Waals surface area contributed by atoms with Crippen molar-refractivity contribution in [2.75, 3.05) is 18.5 Å². The molecule has 0 saturated carbocycles. The Hall–Kier alpha value is -1.58. The third-order valence-electron chi connectivity index (χ3n) is 3.42. The molecule has 1 N–H and O–H groups in total. The summed E-state index contributed by atoms with van der Waals surface area (Å²) >= 11 is 6.19. The third-order valence-corrected chi connectivity index (χ3v) is 3.76. The van der Waals surface area contributed by atoms with Crippen molar-refractivity contribution in [3.63, 3.8) is 0 Å². The Kier molecular flexibility index (Phi) is 5.59. The first-order valence-electron chi connectivity index (χ1n) is 7.22. The van der Waals surface area contributed by atoms with Crippen LogP contribution in [0.15, 0.2) is 36.5 Å². The van der Waals surface area contributed by atoms with Crippen molar-refractivity contribution >= 4 is 17.4 Å². The van der Waals surface area contributed by atoms with Crippen LogP contribution in [0.25, 0.3) is 0 Å². The van der Waals surface area contributed by atoms with Crippen LogP contribution < -0.4 is 10.2 Å². The van der Waals surface area contributed by atoms with Crippen LogP contribution in [0.5, 0.6) is 0 Å². The summed E-state index contributed by atoms with van der Waals surface area (Å²) in [7, 11) is 2.05. The van der Waals surface area contributed by atoms with Crippen molar-refractivity contribution in [3.8, 4) is 0 Å². The molecule has 0 unspecified atom stereocenters. The van der Waals surface area contributed by atoms with Gasteiger partial charge in [0, 0.05) is 26.3 Å². The zero-order valence-corrected chi connectivity index (χ0v) is 13.6. The van der Waals surface area contributed by atoms with Crippen LogP contribution in [0.3, 0.4) is 0 Å². The van der Waals surface area contributed by atoms with Gasteiger partial charge in [-0.1, -0.05) is 48.4 Å². The van der Waals surface area contributed by atoms with Crippen LogP contribution in [0.1, 0.15) is 23.6 Å². The summed E-state index contributed by atoms with van der Waals surface area (Å²) in [5.74, 6) is 0.938. The van der Waals surface area contributed by atoms with E-state index in [1.165, 1.54) is 11.1 Å². The van der Waals surface area contributed by atoms with Crippen LogP contribution >= 0.6 is 11.6 Å². The lowest BCUT2D eigenvalue weighted by molar-refractivity contribution is 0.725. The molecule has 1 aromatic heterocycles. The van der Waals surface area contributed by atoms with Crippen molar-refractivity contribution in [2.45, 2.75) is 26.9 Å². The largest absolute Gasteiger partial charge is 0.355 e. The first kappa shape index (κ1) is 15.8. The second-order valence-corrected chi connectivity index (χ2v) is 5.66. The number of benzene rings is 1. The number of halogens is 1. The van der Waals surface area contributed by atoms with E-state index in [1.54, 1.807) is 6.20 Å². The third kappa shape index (κ3) is 4.45. The van der Waals surface area contributed by atoms with Crippen LogP contribution in [0.4, 0.5) is 5.82 Å². The van der Waals surface area contributed by atoms with E-state index in [0.717, 1.165) is 31.0 Å². The topological polar surface area (TPSA) is 28.2 Å². The van der Waals surface area contributed by atoms with E-state index in [4.69, 9.17) is 11.6 Å². The maximum atomic E-state index is 6.19. The predicted molar refractivity (Wildman–Crippen MR) is 89.9 cm³/mol. The molecule has 21 heavy (non-hydrogen) atoms. The van der Waals surface area contributed by atoms with Crippen LogP contribution in [-0.4, -0.2) is 18.6 Å². The van der Waals surface area contributed by atoms with Gasteiger partial charge in [0.15, 0.2) is 0 Å². The molecule has 1 heterocycles. The molecule has 2 rings (SSSR count). The lowest BCUT2D eigenvalue weighted by Gasteiger charge is -2.19. The van der Waals surface area contributed by atoms with Crippen LogP contribution in [-0.2, 0) is 13.1 Å². The van der Waals surface area contributed by atoms with Gasteiger partial charge in [0.05, 0.1) is 5.02 Å². The maximum absolute atomic E-state index is 6.19. The zero-order valence-electron chi connectivity index (χ0n) is 12.9. The van der Waals surface area contributed by atoms with Gasteiger partial charge in [-0.25, -0.2) is 4.98 Å². The molecule has 0 fully saturated rings. The van der Waals surface area contributed by atoms with E-state index in [2.05, 4.69) is 59.4 Å². The van der Waals surface area contributed by atoms with Crippen LogP contribution in [0, 0.1) is 6.92 Å².